The van der Waals surface area contributed by atoms with Gasteiger partial charge in [-0.15, -0.1) is 6.58 Å². The minimum absolute atomic E-state index is 0.103. The summed E-state index contributed by atoms with van der Waals surface area (Å²) in [5, 5.41) is 9.14. The summed E-state index contributed by atoms with van der Waals surface area (Å²) in [5.41, 5.74) is 0. The molecule has 5 heteroatoms. The zero-order valence-corrected chi connectivity index (χ0v) is 10.2. The Bertz CT molecular complexity index is 380. The fourth-order valence-corrected chi connectivity index (χ4v) is 2.97. The lowest BCUT2D eigenvalue weighted by Crippen LogP contribution is -2.45. The molecule has 98 valence electrons. The van der Waals surface area contributed by atoms with Crippen LogP contribution in [0.15, 0.2) is 12.7 Å². The van der Waals surface area contributed by atoms with Gasteiger partial charge in [0, 0.05) is 0 Å². The highest BCUT2D eigenvalue weighted by Gasteiger charge is 2.51. The van der Waals surface area contributed by atoms with E-state index in [0.717, 1.165) is 17.7 Å². The number of likely N-dealkylation sites (tertiary alicyclic amines) is 1. The van der Waals surface area contributed by atoms with E-state index in [1.165, 1.54) is 6.08 Å². The van der Waals surface area contributed by atoms with Crippen LogP contribution in [0.1, 0.15) is 32.1 Å². The summed E-state index contributed by atoms with van der Waals surface area (Å²) in [7, 11) is 0. The number of nitrogens with zero attached hydrogens (tertiary/aromatic N) is 1. The van der Waals surface area contributed by atoms with Crippen LogP contribution in [0.2, 0.25) is 0 Å². The number of carbonyl (C=O) groups excluding carboxylic acids is 2. The van der Waals surface area contributed by atoms with Gasteiger partial charge < -0.3 is 5.11 Å². The Morgan fingerprint density at radius 3 is 2.22 bits per heavy atom. The summed E-state index contributed by atoms with van der Waals surface area (Å²) in [4.78, 5) is 36.5. The highest BCUT2D eigenvalue weighted by molar-refractivity contribution is 6.07. The molecular formula is C13H17NO4. The largest absolute Gasteiger partial charge is 0.480 e. The van der Waals surface area contributed by atoms with Gasteiger partial charge in [0.15, 0.2) is 0 Å². The third-order valence-electron chi connectivity index (χ3n) is 3.86. The molecule has 5 nitrogen and oxygen atoms in total. The summed E-state index contributed by atoms with van der Waals surface area (Å²) < 4.78 is 0. The number of hydrogen-bond acceptors (Lipinski definition) is 3. The number of amides is 2. The van der Waals surface area contributed by atoms with E-state index in [1.54, 1.807) is 0 Å². The maximum Gasteiger partial charge on any atom is 0.327 e. The van der Waals surface area contributed by atoms with Crippen LogP contribution in [-0.4, -0.2) is 33.8 Å². The Hall–Kier alpha value is -1.65. The average Bonchev–Trinajstić information content (AvgIpc) is 2.60. The van der Waals surface area contributed by atoms with Crippen LogP contribution < -0.4 is 0 Å². The van der Waals surface area contributed by atoms with Crippen molar-refractivity contribution < 1.29 is 19.5 Å². The molecule has 1 saturated carbocycles. The molecule has 0 aromatic carbocycles. The van der Waals surface area contributed by atoms with Crippen molar-refractivity contribution in [3.63, 3.8) is 0 Å². The fraction of sp³-hybridized carbons (Fsp3) is 0.615. The summed E-state index contributed by atoms with van der Waals surface area (Å²) in [6.07, 6.45) is 4.81. The second-order valence-electron chi connectivity index (χ2n) is 4.92. The Balaban J connectivity index is 2.26. The molecule has 2 amide bonds. The first-order valence-electron chi connectivity index (χ1n) is 6.28. The molecule has 3 unspecified atom stereocenters. The third-order valence-corrected chi connectivity index (χ3v) is 3.86. The molecule has 1 aliphatic carbocycles. The molecule has 3 atom stereocenters. The van der Waals surface area contributed by atoms with Crippen molar-refractivity contribution in [1.82, 2.24) is 4.90 Å². The number of rotatable bonds is 4. The van der Waals surface area contributed by atoms with Crippen LogP contribution >= 0.6 is 0 Å². The quantitative estimate of drug-likeness (QED) is 0.601. The van der Waals surface area contributed by atoms with E-state index < -0.39 is 12.0 Å². The summed E-state index contributed by atoms with van der Waals surface area (Å²) in [6.45, 7) is 3.48. The van der Waals surface area contributed by atoms with Gasteiger partial charge in [0.1, 0.15) is 6.04 Å². The molecule has 18 heavy (non-hydrogen) atoms. The first kappa shape index (κ1) is 12.8. The zero-order chi connectivity index (χ0) is 13.3. The van der Waals surface area contributed by atoms with Crippen molar-refractivity contribution in [2.24, 2.45) is 11.8 Å². The van der Waals surface area contributed by atoms with Crippen molar-refractivity contribution in [3.8, 4) is 0 Å². The van der Waals surface area contributed by atoms with Gasteiger partial charge in [-0.25, -0.2) is 4.79 Å². The molecule has 1 heterocycles. The number of carbonyl (C=O) groups is 3. The smallest absolute Gasteiger partial charge is 0.327 e. The predicted octanol–water partition coefficient (Wildman–Crippen LogP) is 1.19. The lowest BCUT2D eigenvalue weighted by atomic mass is 9.81. The molecule has 2 fully saturated rings. The molecule has 0 radical (unpaired) electrons. The predicted molar refractivity (Wildman–Crippen MR) is 63.5 cm³/mol. The molecule has 2 rings (SSSR count). The molecule has 0 aromatic heterocycles. The van der Waals surface area contributed by atoms with E-state index in [4.69, 9.17) is 5.11 Å². The zero-order valence-electron chi connectivity index (χ0n) is 10.2. The molecular weight excluding hydrogens is 234 g/mol. The summed E-state index contributed by atoms with van der Waals surface area (Å²) in [6, 6.07) is -1.09. The van der Waals surface area contributed by atoms with Crippen LogP contribution in [0.5, 0.6) is 0 Å². The van der Waals surface area contributed by atoms with Gasteiger partial charge in [-0.1, -0.05) is 18.9 Å². The lowest BCUT2D eigenvalue weighted by Gasteiger charge is -2.21. The highest BCUT2D eigenvalue weighted by Crippen LogP contribution is 2.39. The number of carboxylic acids is 1. The number of imide groups is 1. The van der Waals surface area contributed by atoms with Gasteiger partial charge in [0.25, 0.3) is 0 Å². The maximum absolute atomic E-state index is 12.2. The minimum Gasteiger partial charge on any atom is -0.480 e. The topological polar surface area (TPSA) is 74.7 Å². The number of fused-ring (bicyclic) bond motifs is 1. The maximum atomic E-state index is 12.2. The molecule has 1 saturated heterocycles. The van der Waals surface area contributed by atoms with Gasteiger partial charge in [-0.3, -0.25) is 14.5 Å². The van der Waals surface area contributed by atoms with Crippen molar-refractivity contribution >= 4 is 17.8 Å². The number of carboxylic acid groups (broad SMARTS) is 1. The van der Waals surface area contributed by atoms with E-state index in [0.29, 0.717) is 12.8 Å². The van der Waals surface area contributed by atoms with E-state index in [9.17, 15) is 14.4 Å². The molecule has 2 aliphatic rings. The second-order valence-corrected chi connectivity index (χ2v) is 4.92. The van der Waals surface area contributed by atoms with Crippen molar-refractivity contribution in [1.29, 1.82) is 0 Å². The fourth-order valence-electron chi connectivity index (χ4n) is 2.97. The van der Waals surface area contributed by atoms with Crippen LogP contribution in [0.3, 0.4) is 0 Å². The lowest BCUT2D eigenvalue weighted by molar-refractivity contribution is -0.154. The minimum atomic E-state index is -1.14. The Morgan fingerprint density at radius 1 is 1.33 bits per heavy atom. The monoisotopic (exact) mass is 251 g/mol. The van der Waals surface area contributed by atoms with E-state index in [2.05, 4.69) is 6.58 Å². The number of aliphatic carboxylic acids is 1. The highest BCUT2D eigenvalue weighted by atomic mass is 16.4. The van der Waals surface area contributed by atoms with E-state index in [1.807, 2.05) is 0 Å². The van der Waals surface area contributed by atoms with E-state index in [-0.39, 0.29) is 30.1 Å². The summed E-state index contributed by atoms with van der Waals surface area (Å²) >= 11 is 0. The molecule has 0 spiro atoms. The van der Waals surface area contributed by atoms with Gasteiger partial charge in [0.05, 0.1) is 11.8 Å². The first-order chi connectivity index (χ1) is 8.57. The number of hydrogen-bond donors (Lipinski definition) is 1. The van der Waals surface area contributed by atoms with Gasteiger partial charge in [-0.2, -0.15) is 0 Å². The van der Waals surface area contributed by atoms with Gasteiger partial charge in [-0.05, 0) is 19.3 Å². The average molecular weight is 251 g/mol. The summed E-state index contributed by atoms with van der Waals surface area (Å²) in [5.74, 6) is -2.34. The van der Waals surface area contributed by atoms with Crippen molar-refractivity contribution in [2.45, 2.75) is 38.1 Å². The molecule has 0 bridgehead atoms. The Labute approximate surface area is 105 Å². The normalized spacial score (nSPS) is 29.0. The SMILES string of the molecule is C=CCC(C(=O)O)N1C(=O)C2CCCCC2C1=O. The first-order valence-corrected chi connectivity index (χ1v) is 6.28. The van der Waals surface area contributed by atoms with Gasteiger partial charge in [0.2, 0.25) is 11.8 Å². The van der Waals surface area contributed by atoms with Crippen molar-refractivity contribution in [2.75, 3.05) is 0 Å². The van der Waals surface area contributed by atoms with Gasteiger partial charge >= 0.3 is 5.97 Å². The Kier molecular flexibility index (Phi) is 3.50. The second kappa shape index (κ2) is 4.92. The van der Waals surface area contributed by atoms with E-state index >= 15 is 0 Å². The third kappa shape index (κ3) is 1.94. The standard InChI is InChI=1S/C13H17NO4/c1-2-5-10(13(17)18)14-11(15)8-6-3-4-7-9(8)12(14)16/h2,8-10H,1,3-7H2,(H,17,18). The molecule has 1 aliphatic heterocycles. The van der Waals surface area contributed by atoms with Crippen LogP contribution in [0.25, 0.3) is 0 Å². The van der Waals surface area contributed by atoms with Crippen LogP contribution in [0.4, 0.5) is 0 Å². The Morgan fingerprint density at radius 2 is 1.83 bits per heavy atom. The van der Waals surface area contributed by atoms with Crippen LogP contribution in [0, 0.1) is 11.8 Å². The molecule has 1 N–H and O–H groups in total. The van der Waals surface area contributed by atoms with Crippen LogP contribution in [-0.2, 0) is 14.4 Å². The molecule has 0 aromatic rings. The van der Waals surface area contributed by atoms with Crippen molar-refractivity contribution in [3.05, 3.63) is 12.7 Å².